The number of rotatable bonds is 4. The monoisotopic (exact) mass is 357 g/mol. The van der Waals surface area contributed by atoms with E-state index in [1.807, 2.05) is 25.1 Å². The van der Waals surface area contributed by atoms with Gasteiger partial charge in [0, 0.05) is 17.7 Å². The van der Waals surface area contributed by atoms with Crippen LogP contribution in [0.4, 0.5) is 0 Å². The topological polar surface area (TPSA) is 119 Å². The number of hydroxylamine groups is 1. The Kier molecular flexibility index (Phi) is 4.58. The van der Waals surface area contributed by atoms with Gasteiger partial charge in [-0.2, -0.15) is 0 Å². The molecule has 1 aliphatic rings. The number of carbonyl (C=O) groups is 1. The highest BCUT2D eigenvalue weighted by molar-refractivity contribution is 5.85. The standard InChI is InChI=1S/C19H19NO6/c1-2-11-4-3-5-12(6-11)14-10-26-16-8-13(21)7-15(22)18(16)19(14,24)9-17(23)20-25/h3-8,10,21-22,24-25H,2,9H2,1H3,(H,20,23). The first kappa shape index (κ1) is 17.8. The van der Waals surface area contributed by atoms with Crippen molar-refractivity contribution in [3.8, 4) is 17.2 Å². The van der Waals surface area contributed by atoms with Gasteiger partial charge in [0.2, 0.25) is 5.91 Å². The number of amides is 1. The summed E-state index contributed by atoms with van der Waals surface area (Å²) in [4.78, 5) is 11.9. The summed E-state index contributed by atoms with van der Waals surface area (Å²) < 4.78 is 5.50. The van der Waals surface area contributed by atoms with Crippen molar-refractivity contribution in [2.45, 2.75) is 25.4 Å². The molecular weight excluding hydrogens is 338 g/mol. The van der Waals surface area contributed by atoms with Crippen LogP contribution in [0.15, 0.2) is 42.7 Å². The van der Waals surface area contributed by atoms with Gasteiger partial charge in [-0.15, -0.1) is 0 Å². The number of aliphatic hydroxyl groups is 1. The third kappa shape index (κ3) is 2.98. The molecule has 5 N–H and O–H groups in total. The molecule has 1 heterocycles. The smallest absolute Gasteiger partial charge is 0.246 e. The van der Waals surface area contributed by atoms with E-state index in [-0.39, 0.29) is 22.6 Å². The van der Waals surface area contributed by atoms with Crippen LogP contribution in [0.3, 0.4) is 0 Å². The van der Waals surface area contributed by atoms with Gasteiger partial charge >= 0.3 is 0 Å². The molecule has 0 saturated heterocycles. The lowest BCUT2D eigenvalue weighted by molar-refractivity contribution is -0.133. The molecule has 0 bridgehead atoms. The molecule has 0 aliphatic carbocycles. The summed E-state index contributed by atoms with van der Waals surface area (Å²) in [7, 11) is 0. The van der Waals surface area contributed by atoms with Crippen molar-refractivity contribution < 1.29 is 30.1 Å². The van der Waals surface area contributed by atoms with Gasteiger partial charge in [-0.1, -0.05) is 31.2 Å². The van der Waals surface area contributed by atoms with Crippen LogP contribution in [0.5, 0.6) is 17.2 Å². The van der Waals surface area contributed by atoms with Gasteiger partial charge in [0.25, 0.3) is 0 Å². The molecule has 0 fully saturated rings. The van der Waals surface area contributed by atoms with Crippen LogP contribution < -0.4 is 10.2 Å². The van der Waals surface area contributed by atoms with Crippen molar-refractivity contribution in [3.05, 3.63) is 59.4 Å². The van der Waals surface area contributed by atoms with Gasteiger partial charge in [0.15, 0.2) is 0 Å². The van der Waals surface area contributed by atoms with E-state index in [0.717, 1.165) is 18.1 Å². The van der Waals surface area contributed by atoms with Crippen LogP contribution in [0.2, 0.25) is 0 Å². The van der Waals surface area contributed by atoms with Gasteiger partial charge in [-0.05, 0) is 17.5 Å². The quantitative estimate of drug-likeness (QED) is 0.423. The van der Waals surface area contributed by atoms with E-state index in [9.17, 15) is 20.1 Å². The van der Waals surface area contributed by atoms with E-state index in [0.29, 0.717) is 5.56 Å². The number of hydrogen-bond donors (Lipinski definition) is 5. The number of hydrogen-bond acceptors (Lipinski definition) is 6. The molecule has 0 spiro atoms. The summed E-state index contributed by atoms with van der Waals surface area (Å²) in [5, 5.41) is 40.3. The van der Waals surface area contributed by atoms with Crippen molar-refractivity contribution in [2.24, 2.45) is 0 Å². The van der Waals surface area contributed by atoms with Gasteiger partial charge < -0.3 is 20.1 Å². The van der Waals surface area contributed by atoms with Gasteiger partial charge in [0.05, 0.1) is 18.2 Å². The molecule has 3 rings (SSSR count). The second kappa shape index (κ2) is 6.70. The molecule has 7 heteroatoms. The molecule has 1 aliphatic heterocycles. The van der Waals surface area contributed by atoms with Crippen molar-refractivity contribution in [1.82, 2.24) is 5.48 Å². The third-order valence-electron chi connectivity index (χ3n) is 4.42. The second-order valence-electron chi connectivity index (χ2n) is 6.11. The van der Waals surface area contributed by atoms with Gasteiger partial charge in [-0.3, -0.25) is 10.0 Å². The van der Waals surface area contributed by atoms with E-state index in [2.05, 4.69) is 0 Å². The fourth-order valence-corrected chi connectivity index (χ4v) is 3.17. The van der Waals surface area contributed by atoms with Crippen LogP contribution in [0, 0.1) is 0 Å². The Labute approximate surface area is 149 Å². The maximum atomic E-state index is 11.9. The van der Waals surface area contributed by atoms with E-state index in [1.54, 1.807) is 6.07 Å². The fourth-order valence-electron chi connectivity index (χ4n) is 3.17. The Morgan fingerprint density at radius 3 is 2.69 bits per heavy atom. The lowest BCUT2D eigenvalue weighted by atomic mass is 9.78. The van der Waals surface area contributed by atoms with Crippen molar-refractivity contribution in [3.63, 3.8) is 0 Å². The Balaban J connectivity index is 2.20. The van der Waals surface area contributed by atoms with Crippen LogP contribution in [-0.4, -0.2) is 26.4 Å². The van der Waals surface area contributed by atoms with Crippen LogP contribution in [0.1, 0.15) is 30.0 Å². The Morgan fingerprint density at radius 2 is 2.00 bits per heavy atom. The summed E-state index contributed by atoms with van der Waals surface area (Å²) in [6.45, 7) is 1.99. The average molecular weight is 357 g/mol. The van der Waals surface area contributed by atoms with Gasteiger partial charge in [-0.25, -0.2) is 5.48 Å². The average Bonchev–Trinajstić information content (AvgIpc) is 2.60. The highest BCUT2D eigenvalue weighted by atomic mass is 16.5. The largest absolute Gasteiger partial charge is 0.508 e. The molecule has 2 aromatic carbocycles. The number of phenolic OH excluding ortho intramolecular Hbond substituents is 2. The molecule has 7 nitrogen and oxygen atoms in total. The first-order valence-corrected chi connectivity index (χ1v) is 8.07. The summed E-state index contributed by atoms with van der Waals surface area (Å²) in [5.41, 5.74) is 1.34. The number of aromatic hydroxyl groups is 2. The molecule has 26 heavy (non-hydrogen) atoms. The SMILES string of the molecule is CCc1cccc(C2=COc3cc(O)cc(O)c3C2(O)CC(=O)NO)c1. The predicted octanol–water partition coefficient (Wildman–Crippen LogP) is 2.18. The summed E-state index contributed by atoms with van der Waals surface area (Å²) in [6.07, 6.45) is 1.49. The number of phenols is 2. The number of ether oxygens (including phenoxy) is 1. The zero-order chi connectivity index (χ0) is 18.9. The van der Waals surface area contributed by atoms with E-state index >= 15 is 0 Å². The van der Waals surface area contributed by atoms with Crippen molar-refractivity contribution in [1.29, 1.82) is 0 Å². The lowest BCUT2D eigenvalue weighted by Crippen LogP contribution is -2.37. The van der Waals surface area contributed by atoms with Crippen LogP contribution in [0.25, 0.3) is 5.57 Å². The molecule has 0 radical (unpaired) electrons. The minimum Gasteiger partial charge on any atom is -0.508 e. The number of nitrogens with one attached hydrogen (secondary N) is 1. The fraction of sp³-hybridized carbons (Fsp3) is 0.211. The van der Waals surface area contributed by atoms with Crippen molar-refractivity contribution >= 4 is 11.5 Å². The molecular formula is C19H19NO6. The number of fused-ring (bicyclic) bond motifs is 1. The van der Waals surface area contributed by atoms with Gasteiger partial charge in [0.1, 0.15) is 22.8 Å². The first-order valence-electron chi connectivity index (χ1n) is 8.07. The van der Waals surface area contributed by atoms with E-state index in [1.165, 1.54) is 17.8 Å². The molecule has 1 atom stereocenters. The molecule has 136 valence electrons. The summed E-state index contributed by atoms with van der Waals surface area (Å²) >= 11 is 0. The lowest BCUT2D eigenvalue weighted by Gasteiger charge is -2.35. The molecule has 0 saturated carbocycles. The molecule has 2 aromatic rings. The molecule has 1 amide bonds. The predicted molar refractivity (Wildman–Crippen MR) is 92.6 cm³/mol. The minimum atomic E-state index is -1.97. The second-order valence-corrected chi connectivity index (χ2v) is 6.11. The molecule has 0 aromatic heterocycles. The van der Waals surface area contributed by atoms with Crippen molar-refractivity contribution in [2.75, 3.05) is 0 Å². The Bertz CT molecular complexity index is 892. The minimum absolute atomic E-state index is 0.0196. The Morgan fingerprint density at radius 1 is 1.23 bits per heavy atom. The normalized spacial score (nSPS) is 18.5. The maximum absolute atomic E-state index is 11.9. The third-order valence-corrected chi connectivity index (χ3v) is 4.42. The summed E-state index contributed by atoms with van der Waals surface area (Å²) in [5.74, 6) is -1.50. The first-order chi connectivity index (χ1) is 12.4. The number of aryl methyl sites for hydroxylation is 1. The zero-order valence-corrected chi connectivity index (χ0v) is 14.1. The molecule has 1 unspecified atom stereocenters. The number of carbonyl (C=O) groups excluding carboxylic acids is 1. The number of benzene rings is 2. The highest BCUT2D eigenvalue weighted by Crippen LogP contribution is 2.51. The maximum Gasteiger partial charge on any atom is 0.246 e. The van der Waals surface area contributed by atoms with E-state index < -0.39 is 23.7 Å². The Hall–Kier alpha value is -3.03. The summed E-state index contributed by atoms with van der Waals surface area (Å²) in [6, 6.07) is 9.62. The highest BCUT2D eigenvalue weighted by Gasteiger charge is 2.44. The zero-order valence-electron chi connectivity index (χ0n) is 14.1. The van der Waals surface area contributed by atoms with E-state index in [4.69, 9.17) is 9.94 Å². The van der Waals surface area contributed by atoms with Crippen LogP contribution >= 0.6 is 0 Å². The van der Waals surface area contributed by atoms with Crippen LogP contribution in [-0.2, 0) is 16.8 Å².